The highest BCUT2D eigenvalue weighted by molar-refractivity contribution is 9.10. The predicted octanol–water partition coefficient (Wildman–Crippen LogP) is 4.13. The minimum absolute atomic E-state index is 0.0928. The van der Waals surface area contributed by atoms with Gasteiger partial charge in [-0.3, -0.25) is 0 Å². The van der Waals surface area contributed by atoms with Crippen molar-refractivity contribution in [1.29, 1.82) is 0 Å². The Morgan fingerprint density at radius 1 is 1.28 bits per heavy atom. The number of hydrogen-bond donors (Lipinski definition) is 1. The first-order chi connectivity index (χ1) is 8.61. The second-order valence-electron chi connectivity index (χ2n) is 4.86. The van der Waals surface area contributed by atoms with Crippen LogP contribution in [0.5, 0.6) is 0 Å². The Bertz CT molecular complexity index is 356. The highest BCUT2D eigenvalue weighted by Gasteiger charge is 2.22. The minimum atomic E-state index is -0.0928. The second kappa shape index (κ2) is 7.93. The summed E-state index contributed by atoms with van der Waals surface area (Å²) < 4.78 is 7.22. The molecule has 0 saturated heterocycles. The van der Waals surface area contributed by atoms with Crippen molar-refractivity contribution in [3.63, 3.8) is 0 Å². The monoisotopic (exact) mass is 313 g/mol. The van der Waals surface area contributed by atoms with Crippen LogP contribution in [0.15, 0.2) is 28.7 Å². The van der Waals surface area contributed by atoms with Crippen molar-refractivity contribution in [2.75, 3.05) is 13.1 Å². The third-order valence-corrected chi connectivity index (χ3v) is 3.98. The van der Waals surface area contributed by atoms with E-state index in [9.17, 15) is 0 Å². The molecule has 1 N–H and O–H groups in total. The Hall–Kier alpha value is -0.380. The molecule has 2 nitrogen and oxygen atoms in total. The predicted molar refractivity (Wildman–Crippen MR) is 80.8 cm³/mol. The Balaban J connectivity index is 2.50. The summed E-state index contributed by atoms with van der Waals surface area (Å²) in [6.07, 6.45) is 2.16. The van der Waals surface area contributed by atoms with Gasteiger partial charge in [0.25, 0.3) is 0 Å². The lowest BCUT2D eigenvalue weighted by molar-refractivity contribution is -0.0444. The first kappa shape index (κ1) is 15.7. The van der Waals surface area contributed by atoms with E-state index in [4.69, 9.17) is 4.74 Å². The summed E-state index contributed by atoms with van der Waals surface area (Å²) in [4.78, 5) is 0. The van der Waals surface area contributed by atoms with Crippen LogP contribution >= 0.6 is 15.9 Å². The summed E-state index contributed by atoms with van der Waals surface area (Å²) in [5, 5.41) is 3.44. The molecule has 1 rings (SSSR count). The van der Waals surface area contributed by atoms with E-state index >= 15 is 0 Å². The maximum atomic E-state index is 6.10. The van der Waals surface area contributed by atoms with Crippen molar-refractivity contribution in [3.05, 3.63) is 34.3 Å². The number of nitrogens with one attached hydrogen (secondary N) is 1. The van der Waals surface area contributed by atoms with Crippen molar-refractivity contribution in [1.82, 2.24) is 5.32 Å². The first-order valence-electron chi connectivity index (χ1n) is 6.69. The van der Waals surface area contributed by atoms with Gasteiger partial charge in [0.2, 0.25) is 0 Å². The Morgan fingerprint density at radius 3 is 2.61 bits per heavy atom. The molecule has 0 aliphatic rings. The fraction of sp³-hybridized carbons (Fsp3) is 0.600. The number of benzene rings is 1. The second-order valence-corrected chi connectivity index (χ2v) is 5.71. The molecule has 0 radical (unpaired) electrons. The van der Waals surface area contributed by atoms with Gasteiger partial charge in [0.15, 0.2) is 0 Å². The molecule has 0 aromatic heterocycles. The fourth-order valence-electron chi connectivity index (χ4n) is 1.68. The van der Waals surface area contributed by atoms with E-state index < -0.39 is 0 Å². The van der Waals surface area contributed by atoms with Crippen molar-refractivity contribution < 1.29 is 4.74 Å². The molecule has 1 atom stereocenters. The summed E-state index contributed by atoms with van der Waals surface area (Å²) in [6.45, 7) is 9.13. The molecule has 0 fully saturated rings. The lowest BCUT2D eigenvalue weighted by Crippen LogP contribution is -2.40. The summed E-state index contributed by atoms with van der Waals surface area (Å²) in [5.74, 6) is 0. The standard InChI is InChI=1S/C15H24BrNO/c1-4-10-17-12-15(3,5-2)18-11-13-8-6-7-9-14(13)16/h6-9,17H,4-5,10-12H2,1-3H3. The number of halogens is 1. The van der Waals surface area contributed by atoms with Crippen LogP contribution in [0.3, 0.4) is 0 Å². The molecule has 1 aromatic rings. The molecule has 0 saturated carbocycles. The van der Waals surface area contributed by atoms with Gasteiger partial charge in [-0.15, -0.1) is 0 Å². The van der Waals surface area contributed by atoms with Crippen molar-refractivity contribution >= 4 is 15.9 Å². The van der Waals surface area contributed by atoms with Crippen molar-refractivity contribution in [3.8, 4) is 0 Å². The van der Waals surface area contributed by atoms with Gasteiger partial charge in [-0.05, 0) is 37.9 Å². The van der Waals surface area contributed by atoms with Gasteiger partial charge >= 0.3 is 0 Å². The molecule has 0 aliphatic carbocycles. The minimum Gasteiger partial charge on any atom is -0.369 e. The van der Waals surface area contributed by atoms with E-state index in [1.165, 1.54) is 5.56 Å². The highest BCUT2D eigenvalue weighted by atomic mass is 79.9. The van der Waals surface area contributed by atoms with Crippen LogP contribution in [0.4, 0.5) is 0 Å². The third kappa shape index (κ3) is 5.09. The van der Waals surface area contributed by atoms with Crippen LogP contribution in [0.2, 0.25) is 0 Å². The SMILES string of the molecule is CCCNCC(C)(CC)OCc1ccccc1Br. The molecule has 0 heterocycles. The van der Waals surface area contributed by atoms with Gasteiger partial charge in [-0.25, -0.2) is 0 Å². The normalized spacial score (nSPS) is 14.4. The summed E-state index contributed by atoms with van der Waals surface area (Å²) in [5.41, 5.74) is 1.11. The zero-order chi connectivity index (χ0) is 13.4. The molecule has 18 heavy (non-hydrogen) atoms. The highest BCUT2D eigenvalue weighted by Crippen LogP contribution is 2.21. The average molecular weight is 314 g/mol. The summed E-state index contributed by atoms with van der Waals surface area (Å²) in [6, 6.07) is 8.22. The molecule has 3 heteroatoms. The van der Waals surface area contributed by atoms with Gasteiger partial charge in [-0.1, -0.05) is 48.0 Å². The van der Waals surface area contributed by atoms with Crippen LogP contribution in [0, 0.1) is 0 Å². The first-order valence-corrected chi connectivity index (χ1v) is 7.48. The van der Waals surface area contributed by atoms with E-state index in [2.05, 4.69) is 54.2 Å². The van der Waals surface area contributed by atoms with Gasteiger partial charge in [0.1, 0.15) is 0 Å². The fourth-order valence-corrected chi connectivity index (χ4v) is 2.07. The van der Waals surface area contributed by atoms with Crippen LogP contribution in [0.25, 0.3) is 0 Å². The van der Waals surface area contributed by atoms with E-state index in [-0.39, 0.29) is 5.60 Å². The molecule has 0 aliphatic heterocycles. The lowest BCUT2D eigenvalue weighted by Gasteiger charge is -2.29. The van der Waals surface area contributed by atoms with Crippen LogP contribution < -0.4 is 5.32 Å². The maximum absolute atomic E-state index is 6.10. The van der Waals surface area contributed by atoms with E-state index in [1.54, 1.807) is 0 Å². The van der Waals surface area contributed by atoms with E-state index in [0.717, 1.165) is 30.4 Å². The number of ether oxygens (including phenoxy) is 1. The summed E-state index contributed by atoms with van der Waals surface area (Å²) in [7, 11) is 0. The Morgan fingerprint density at radius 2 is 2.00 bits per heavy atom. The summed E-state index contributed by atoms with van der Waals surface area (Å²) >= 11 is 3.55. The van der Waals surface area contributed by atoms with Gasteiger partial charge in [0, 0.05) is 11.0 Å². The number of hydrogen-bond acceptors (Lipinski definition) is 2. The van der Waals surface area contributed by atoms with Gasteiger partial charge < -0.3 is 10.1 Å². The zero-order valence-electron chi connectivity index (χ0n) is 11.6. The van der Waals surface area contributed by atoms with Crippen LogP contribution in [-0.2, 0) is 11.3 Å². The smallest absolute Gasteiger partial charge is 0.0780 e. The average Bonchev–Trinajstić information content (AvgIpc) is 2.38. The van der Waals surface area contributed by atoms with Crippen molar-refractivity contribution in [2.45, 2.75) is 45.8 Å². The van der Waals surface area contributed by atoms with Crippen LogP contribution in [-0.4, -0.2) is 18.7 Å². The molecular weight excluding hydrogens is 290 g/mol. The van der Waals surface area contributed by atoms with Gasteiger partial charge in [-0.2, -0.15) is 0 Å². The molecule has 1 unspecified atom stereocenters. The molecule has 0 amide bonds. The molecule has 102 valence electrons. The quantitative estimate of drug-likeness (QED) is 0.728. The molecule has 0 spiro atoms. The van der Waals surface area contributed by atoms with Crippen molar-refractivity contribution in [2.24, 2.45) is 0 Å². The zero-order valence-corrected chi connectivity index (χ0v) is 13.2. The topological polar surface area (TPSA) is 21.3 Å². The largest absolute Gasteiger partial charge is 0.369 e. The maximum Gasteiger partial charge on any atom is 0.0780 e. The Labute approximate surface area is 119 Å². The third-order valence-electron chi connectivity index (χ3n) is 3.21. The molecule has 1 aromatic carbocycles. The molecular formula is C15H24BrNO. The van der Waals surface area contributed by atoms with E-state index in [1.807, 2.05) is 12.1 Å². The van der Waals surface area contributed by atoms with E-state index in [0.29, 0.717) is 6.61 Å². The number of rotatable bonds is 8. The van der Waals surface area contributed by atoms with Gasteiger partial charge in [0.05, 0.1) is 12.2 Å². The van der Waals surface area contributed by atoms with Crippen LogP contribution in [0.1, 0.15) is 39.2 Å². The Kier molecular flexibility index (Phi) is 6.90. The molecule has 0 bridgehead atoms. The lowest BCUT2D eigenvalue weighted by atomic mass is 10.0.